The Morgan fingerprint density at radius 3 is 2.82 bits per heavy atom. The average molecular weight is 257 g/mol. The Hall–Kier alpha value is -0.640. The SMILES string of the molecule is Fc1ccc(CNCCCNC2CC2)cc1Cl. The second-order valence-electron chi connectivity index (χ2n) is 4.51. The maximum atomic E-state index is 12.9. The van der Waals surface area contributed by atoms with Gasteiger partial charge in [0, 0.05) is 12.6 Å². The first kappa shape index (κ1) is 12.8. The van der Waals surface area contributed by atoms with E-state index in [-0.39, 0.29) is 10.8 Å². The molecule has 0 spiro atoms. The maximum absolute atomic E-state index is 12.9. The molecule has 1 aromatic carbocycles. The minimum Gasteiger partial charge on any atom is -0.314 e. The van der Waals surface area contributed by atoms with E-state index in [1.807, 2.05) is 0 Å². The Morgan fingerprint density at radius 2 is 2.12 bits per heavy atom. The first-order valence-electron chi connectivity index (χ1n) is 6.14. The quantitative estimate of drug-likeness (QED) is 0.733. The zero-order chi connectivity index (χ0) is 12.1. The van der Waals surface area contributed by atoms with Gasteiger partial charge in [-0.2, -0.15) is 0 Å². The minimum absolute atomic E-state index is 0.194. The number of benzene rings is 1. The Morgan fingerprint density at radius 1 is 1.29 bits per heavy atom. The van der Waals surface area contributed by atoms with Crippen LogP contribution in [0.4, 0.5) is 4.39 Å². The van der Waals surface area contributed by atoms with Crippen molar-refractivity contribution in [1.29, 1.82) is 0 Å². The molecule has 0 aliphatic heterocycles. The fraction of sp³-hybridized carbons (Fsp3) is 0.538. The second kappa shape index (κ2) is 6.34. The molecule has 17 heavy (non-hydrogen) atoms. The smallest absolute Gasteiger partial charge is 0.141 e. The predicted octanol–water partition coefficient (Wildman–Crippen LogP) is 2.71. The molecule has 0 unspecified atom stereocenters. The summed E-state index contributed by atoms with van der Waals surface area (Å²) in [6.45, 7) is 2.78. The van der Waals surface area contributed by atoms with Gasteiger partial charge in [-0.25, -0.2) is 4.39 Å². The third kappa shape index (κ3) is 4.62. The van der Waals surface area contributed by atoms with Crippen LogP contribution in [0.2, 0.25) is 5.02 Å². The molecule has 1 aliphatic rings. The van der Waals surface area contributed by atoms with E-state index in [2.05, 4.69) is 10.6 Å². The van der Waals surface area contributed by atoms with Gasteiger partial charge >= 0.3 is 0 Å². The highest BCUT2D eigenvalue weighted by atomic mass is 35.5. The van der Waals surface area contributed by atoms with Crippen molar-refractivity contribution < 1.29 is 4.39 Å². The number of rotatable bonds is 7. The van der Waals surface area contributed by atoms with E-state index in [4.69, 9.17) is 11.6 Å². The lowest BCUT2D eigenvalue weighted by molar-refractivity contribution is 0.591. The van der Waals surface area contributed by atoms with Crippen LogP contribution in [0.3, 0.4) is 0 Å². The van der Waals surface area contributed by atoms with Gasteiger partial charge in [-0.3, -0.25) is 0 Å². The van der Waals surface area contributed by atoms with Crippen LogP contribution in [0.1, 0.15) is 24.8 Å². The third-order valence-electron chi connectivity index (χ3n) is 2.85. The van der Waals surface area contributed by atoms with Crippen LogP contribution in [0.5, 0.6) is 0 Å². The standard InChI is InChI=1S/C13H18ClFN2/c14-12-8-10(2-5-13(12)15)9-16-6-1-7-17-11-3-4-11/h2,5,8,11,16-17H,1,3-4,6-7,9H2. The fourth-order valence-electron chi connectivity index (χ4n) is 1.69. The molecule has 0 aromatic heterocycles. The number of hydrogen-bond acceptors (Lipinski definition) is 2. The van der Waals surface area contributed by atoms with Crippen LogP contribution in [-0.4, -0.2) is 19.1 Å². The van der Waals surface area contributed by atoms with E-state index in [1.165, 1.54) is 18.9 Å². The summed E-state index contributed by atoms with van der Waals surface area (Å²) in [5.74, 6) is -0.357. The van der Waals surface area contributed by atoms with Gasteiger partial charge in [0.1, 0.15) is 5.82 Å². The summed E-state index contributed by atoms with van der Waals surface area (Å²) in [6, 6.07) is 5.63. The van der Waals surface area contributed by atoms with E-state index in [9.17, 15) is 4.39 Å². The highest BCUT2D eigenvalue weighted by molar-refractivity contribution is 6.30. The molecule has 1 fully saturated rings. The summed E-state index contributed by atoms with van der Waals surface area (Å²) in [6.07, 6.45) is 3.79. The Kier molecular flexibility index (Phi) is 4.77. The molecule has 0 atom stereocenters. The Bertz CT molecular complexity index is 366. The molecular formula is C13H18ClFN2. The maximum Gasteiger partial charge on any atom is 0.141 e. The van der Waals surface area contributed by atoms with Gasteiger partial charge in [0.15, 0.2) is 0 Å². The van der Waals surface area contributed by atoms with Crippen LogP contribution >= 0.6 is 11.6 Å². The van der Waals surface area contributed by atoms with Gasteiger partial charge in [-0.05, 0) is 50.0 Å². The topological polar surface area (TPSA) is 24.1 Å². The highest BCUT2D eigenvalue weighted by Crippen LogP contribution is 2.18. The van der Waals surface area contributed by atoms with E-state index >= 15 is 0 Å². The van der Waals surface area contributed by atoms with Gasteiger partial charge < -0.3 is 10.6 Å². The molecule has 2 N–H and O–H groups in total. The largest absolute Gasteiger partial charge is 0.314 e. The van der Waals surface area contributed by atoms with Crippen LogP contribution in [0.15, 0.2) is 18.2 Å². The lowest BCUT2D eigenvalue weighted by Crippen LogP contribution is -2.23. The molecule has 1 aliphatic carbocycles. The van der Waals surface area contributed by atoms with Crippen LogP contribution in [-0.2, 0) is 6.54 Å². The van der Waals surface area contributed by atoms with Gasteiger partial charge in [-0.15, -0.1) is 0 Å². The van der Waals surface area contributed by atoms with E-state index in [0.29, 0.717) is 0 Å². The van der Waals surface area contributed by atoms with Crippen LogP contribution < -0.4 is 10.6 Å². The third-order valence-corrected chi connectivity index (χ3v) is 3.14. The molecule has 2 rings (SSSR count). The van der Waals surface area contributed by atoms with Crippen LogP contribution in [0, 0.1) is 5.82 Å². The lowest BCUT2D eigenvalue weighted by atomic mass is 10.2. The monoisotopic (exact) mass is 256 g/mol. The molecule has 0 radical (unpaired) electrons. The summed E-state index contributed by atoms with van der Waals surface area (Å²) in [5, 5.41) is 6.98. The van der Waals surface area contributed by atoms with Crippen molar-refractivity contribution >= 4 is 11.6 Å². The molecule has 0 heterocycles. The van der Waals surface area contributed by atoms with Gasteiger partial charge in [0.2, 0.25) is 0 Å². The molecule has 2 nitrogen and oxygen atoms in total. The van der Waals surface area contributed by atoms with Crippen molar-refractivity contribution in [2.45, 2.75) is 31.8 Å². The van der Waals surface area contributed by atoms with Crippen molar-refractivity contribution in [2.24, 2.45) is 0 Å². The normalized spacial score (nSPS) is 15.2. The number of nitrogens with one attached hydrogen (secondary N) is 2. The zero-order valence-electron chi connectivity index (χ0n) is 9.81. The number of halogens is 2. The average Bonchev–Trinajstić information content (AvgIpc) is 3.12. The van der Waals surface area contributed by atoms with Gasteiger partial charge in [0.25, 0.3) is 0 Å². The van der Waals surface area contributed by atoms with E-state index < -0.39 is 0 Å². The van der Waals surface area contributed by atoms with Crippen molar-refractivity contribution in [3.8, 4) is 0 Å². The first-order valence-corrected chi connectivity index (χ1v) is 6.51. The molecule has 0 saturated heterocycles. The van der Waals surface area contributed by atoms with E-state index in [1.54, 1.807) is 12.1 Å². The zero-order valence-corrected chi connectivity index (χ0v) is 10.6. The van der Waals surface area contributed by atoms with Crippen molar-refractivity contribution in [2.75, 3.05) is 13.1 Å². The summed E-state index contributed by atoms with van der Waals surface area (Å²) in [5.41, 5.74) is 1.02. The van der Waals surface area contributed by atoms with Crippen molar-refractivity contribution in [1.82, 2.24) is 10.6 Å². The lowest BCUT2D eigenvalue weighted by Gasteiger charge is -2.06. The molecule has 1 saturated carbocycles. The van der Waals surface area contributed by atoms with Crippen LogP contribution in [0.25, 0.3) is 0 Å². The van der Waals surface area contributed by atoms with Gasteiger partial charge in [-0.1, -0.05) is 17.7 Å². The highest BCUT2D eigenvalue weighted by Gasteiger charge is 2.19. The minimum atomic E-state index is -0.357. The van der Waals surface area contributed by atoms with Crippen molar-refractivity contribution in [3.63, 3.8) is 0 Å². The summed E-state index contributed by atoms with van der Waals surface area (Å²) in [7, 11) is 0. The summed E-state index contributed by atoms with van der Waals surface area (Å²) in [4.78, 5) is 0. The van der Waals surface area contributed by atoms with Gasteiger partial charge in [0.05, 0.1) is 5.02 Å². The van der Waals surface area contributed by atoms with E-state index in [0.717, 1.165) is 37.7 Å². The Labute approximate surface area is 107 Å². The first-order chi connectivity index (χ1) is 8.25. The molecule has 94 valence electrons. The summed E-state index contributed by atoms with van der Waals surface area (Å²) < 4.78 is 12.9. The second-order valence-corrected chi connectivity index (χ2v) is 4.91. The Balaban J connectivity index is 1.58. The molecular weight excluding hydrogens is 239 g/mol. The predicted molar refractivity (Wildman–Crippen MR) is 68.8 cm³/mol. The fourth-order valence-corrected chi connectivity index (χ4v) is 1.89. The number of hydrogen-bond donors (Lipinski definition) is 2. The molecule has 0 bridgehead atoms. The molecule has 0 amide bonds. The van der Waals surface area contributed by atoms with Crippen molar-refractivity contribution in [3.05, 3.63) is 34.6 Å². The molecule has 4 heteroatoms. The summed E-state index contributed by atoms with van der Waals surface area (Å²) >= 11 is 5.71. The molecule has 1 aromatic rings.